The highest BCUT2D eigenvalue weighted by Crippen LogP contribution is 2.25. The number of hydrogen-bond acceptors (Lipinski definition) is 4. The molecule has 0 radical (unpaired) electrons. The van der Waals surface area contributed by atoms with Crippen molar-refractivity contribution in [3.8, 4) is 5.75 Å². The predicted octanol–water partition coefficient (Wildman–Crippen LogP) is 1.95. The van der Waals surface area contributed by atoms with E-state index in [2.05, 4.69) is 10.3 Å². The summed E-state index contributed by atoms with van der Waals surface area (Å²) in [7, 11) is 0. The second kappa shape index (κ2) is 8.17. The summed E-state index contributed by atoms with van der Waals surface area (Å²) in [6.45, 7) is 5.54. The van der Waals surface area contributed by atoms with Gasteiger partial charge in [0.1, 0.15) is 5.75 Å². The topological polar surface area (TPSA) is 94.2 Å². The Kier molecular flexibility index (Phi) is 5.68. The summed E-state index contributed by atoms with van der Waals surface area (Å²) in [5, 5.41) is 15.0. The molecule has 1 heterocycles. The molecule has 0 saturated heterocycles. The first-order valence-electron chi connectivity index (χ1n) is 9.11. The third-order valence-electron chi connectivity index (χ3n) is 4.94. The number of aromatic nitrogens is 1. The maximum absolute atomic E-state index is 12.3. The second-order valence-electron chi connectivity index (χ2n) is 6.94. The molecule has 0 saturated carbocycles. The van der Waals surface area contributed by atoms with E-state index in [-0.39, 0.29) is 13.0 Å². The molecule has 2 N–H and O–H groups in total. The standard InChI is InChI=1S/C22H24N2O4/c1-13-8-9-14(2)21(15(13)3)28-12-20(25)24-19(22(26)27)10-16-11-23-18-7-5-4-6-17(16)18/h4-9,11,19,23H,10,12H2,1-3H3,(H,24,25)(H,26,27)/p-1/t19-/m1/s1. The van der Waals surface area contributed by atoms with Crippen LogP contribution in [0.2, 0.25) is 0 Å². The van der Waals surface area contributed by atoms with E-state index in [0.29, 0.717) is 5.75 Å². The Bertz CT molecular complexity index is 1020. The van der Waals surface area contributed by atoms with Crippen LogP contribution in [0, 0.1) is 20.8 Å². The zero-order valence-electron chi connectivity index (χ0n) is 16.2. The lowest BCUT2D eigenvalue weighted by Gasteiger charge is -2.20. The molecule has 6 nitrogen and oxygen atoms in total. The van der Waals surface area contributed by atoms with Gasteiger partial charge in [0.25, 0.3) is 5.91 Å². The van der Waals surface area contributed by atoms with E-state index in [1.165, 1.54) is 0 Å². The van der Waals surface area contributed by atoms with Crippen molar-refractivity contribution in [2.75, 3.05) is 6.61 Å². The average molecular weight is 379 g/mol. The number of fused-ring (bicyclic) bond motifs is 1. The van der Waals surface area contributed by atoms with E-state index in [9.17, 15) is 14.7 Å². The van der Waals surface area contributed by atoms with Gasteiger partial charge in [0.2, 0.25) is 0 Å². The fraction of sp³-hybridized carbons (Fsp3) is 0.273. The van der Waals surface area contributed by atoms with Gasteiger partial charge in [0, 0.05) is 23.5 Å². The number of para-hydroxylation sites is 1. The summed E-state index contributed by atoms with van der Waals surface area (Å²) < 4.78 is 5.66. The van der Waals surface area contributed by atoms with Crippen molar-refractivity contribution < 1.29 is 19.4 Å². The molecule has 1 aromatic heterocycles. The number of ether oxygens (including phenoxy) is 1. The molecule has 0 spiro atoms. The van der Waals surface area contributed by atoms with E-state index >= 15 is 0 Å². The van der Waals surface area contributed by atoms with Crippen LogP contribution in [0.3, 0.4) is 0 Å². The van der Waals surface area contributed by atoms with Crippen LogP contribution in [-0.4, -0.2) is 29.5 Å². The van der Waals surface area contributed by atoms with Gasteiger partial charge in [-0.2, -0.15) is 0 Å². The number of aryl methyl sites for hydroxylation is 2. The molecular weight excluding hydrogens is 356 g/mol. The Labute approximate surface area is 163 Å². The van der Waals surface area contributed by atoms with Crippen LogP contribution < -0.4 is 15.2 Å². The highest BCUT2D eigenvalue weighted by molar-refractivity contribution is 5.86. The number of nitrogens with one attached hydrogen (secondary N) is 2. The van der Waals surface area contributed by atoms with Crippen molar-refractivity contribution in [2.45, 2.75) is 33.2 Å². The molecule has 2 aromatic carbocycles. The second-order valence-corrected chi connectivity index (χ2v) is 6.94. The highest BCUT2D eigenvalue weighted by atomic mass is 16.5. The maximum Gasteiger partial charge on any atom is 0.258 e. The summed E-state index contributed by atoms with van der Waals surface area (Å²) >= 11 is 0. The largest absolute Gasteiger partial charge is 0.548 e. The first-order valence-corrected chi connectivity index (χ1v) is 9.11. The molecular formula is C22H23N2O4-. The Morgan fingerprint density at radius 3 is 2.57 bits per heavy atom. The van der Waals surface area contributed by atoms with E-state index in [1.807, 2.05) is 57.2 Å². The lowest BCUT2D eigenvalue weighted by Crippen LogP contribution is -2.50. The van der Waals surface area contributed by atoms with E-state index in [1.54, 1.807) is 6.20 Å². The van der Waals surface area contributed by atoms with Gasteiger partial charge in [-0.3, -0.25) is 4.79 Å². The van der Waals surface area contributed by atoms with Crippen LogP contribution in [0.25, 0.3) is 10.9 Å². The first-order chi connectivity index (χ1) is 13.4. The zero-order valence-corrected chi connectivity index (χ0v) is 16.2. The zero-order chi connectivity index (χ0) is 20.3. The number of aromatic amines is 1. The first kappa shape index (κ1) is 19.5. The predicted molar refractivity (Wildman–Crippen MR) is 105 cm³/mol. The van der Waals surface area contributed by atoms with Crippen LogP contribution in [0.15, 0.2) is 42.6 Å². The van der Waals surface area contributed by atoms with Crippen LogP contribution in [0.5, 0.6) is 5.75 Å². The highest BCUT2D eigenvalue weighted by Gasteiger charge is 2.17. The molecule has 0 aliphatic carbocycles. The minimum Gasteiger partial charge on any atom is -0.548 e. The lowest BCUT2D eigenvalue weighted by molar-refractivity contribution is -0.308. The fourth-order valence-electron chi connectivity index (χ4n) is 3.24. The van der Waals surface area contributed by atoms with Gasteiger partial charge in [0.05, 0.1) is 12.0 Å². The van der Waals surface area contributed by atoms with Gasteiger partial charge in [-0.1, -0.05) is 30.3 Å². The van der Waals surface area contributed by atoms with Crippen molar-refractivity contribution in [3.05, 3.63) is 64.8 Å². The number of aliphatic carboxylic acids is 1. The van der Waals surface area contributed by atoms with Gasteiger partial charge in [-0.05, 0) is 49.1 Å². The molecule has 6 heteroatoms. The average Bonchev–Trinajstić information content (AvgIpc) is 3.07. The molecule has 0 aliphatic heterocycles. The van der Waals surface area contributed by atoms with Crippen LogP contribution in [0.1, 0.15) is 22.3 Å². The summed E-state index contributed by atoms with van der Waals surface area (Å²) in [5.74, 6) is -1.19. The van der Waals surface area contributed by atoms with Crippen molar-refractivity contribution in [1.29, 1.82) is 0 Å². The number of hydrogen-bond donors (Lipinski definition) is 2. The number of carboxylic acids is 1. The van der Waals surface area contributed by atoms with E-state index in [4.69, 9.17) is 4.74 Å². The minimum atomic E-state index is -1.33. The Balaban J connectivity index is 1.67. The summed E-state index contributed by atoms with van der Waals surface area (Å²) in [6, 6.07) is 10.4. The van der Waals surface area contributed by atoms with Gasteiger partial charge >= 0.3 is 0 Å². The smallest absolute Gasteiger partial charge is 0.258 e. The van der Waals surface area contributed by atoms with Gasteiger partial charge in [-0.25, -0.2) is 0 Å². The third kappa shape index (κ3) is 4.17. The van der Waals surface area contributed by atoms with Crippen molar-refractivity contribution in [3.63, 3.8) is 0 Å². The third-order valence-corrected chi connectivity index (χ3v) is 4.94. The normalized spacial score (nSPS) is 12.0. The van der Waals surface area contributed by atoms with Crippen LogP contribution in [0.4, 0.5) is 0 Å². The molecule has 0 unspecified atom stereocenters. The minimum absolute atomic E-state index is 0.126. The van der Waals surface area contributed by atoms with Crippen LogP contribution in [-0.2, 0) is 16.0 Å². The number of H-pyrrole nitrogens is 1. The van der Waals surface area contributed by atoms with Crippen molar-refractivity contribution in [2.24, 2.45) is 0 Å². The number of carboxylic acid groups (broad SMARTS) is 1. The Morgan fingerprint density at radius 1 is 1.11 bits per heavy atom. The molecule has 0 fully saturated rings. The summed E-state index contributed by atoms with van der Waals surface area (Å²) in [4.78, 5) is 26.9. The van der Waals surface area contributed by atoms with E-state index < -0.39 is 17.9 Å². The quantitative estimate of drug-likeness (QED) is 0.656. The lowest BCUT2D eigenvalue weighted by atomic mass is 10.0. The Morgan fingerprint density at radius 2 is 1.82 bits per heavy atom. The molecule has 3 rings (SSSR count). The Hall–Kier alpha value is -3.28. The molecule has 1 amide bonds. The number of carbonyl (C=O) groups excluding carboxylic acids is 2. The SMILES string of the molecule is Cc1ccc(C)c(OCC(=O)N[C@H](Cc2c[nH]c3ccccc23)C(=O)[O-])c1C. The van der Waals surface area contributed by atoms with Gasteiger partial charge in [0.15, 0.2) is 6.61 Å². The number of amides is 1. The number of rotatable bonds is 7. The van der Waals surface area contributed by atoms with Gasteiger partial charge in [-0.15, -0.1) is 0 Å². The molecule has 146 valence electrons. The maximum atomic E-state index is 12.3. The van der Waals surface area contributed by atoms with E-state index in [0.717, 1.165) is 33.2 Å². The summed E-state index contributed by atoms with van der Waals surface area (Å²) in [5.41, 5.74) is 4.66. The number of carbonyl (C=O) groups is 2. The molecule has 3 aromatic rings. The number of benzene rings is 2. The fourth-order valence-corrected chi connectivity index (χ4v) is 3.24. The van der Waals surface area contributed by atoms with Crippen LogP contribution >= 0.6 is 0 Å². The molecule has 1 atom stereocenters. The van der Waals surface area contributed by atoms with Crippen molar-refractivity contribution in [1.82, 2.24) is 10.3 Å². The summed E-state index contributed by atoms with van der Waals surface area (Å²) in [6.07, 6.45) is 1.88. The molecule has 0 bridgehead atoms. The molecule has 0 aliphatic rings. The van der Waals surface area contributed by atoms with Gasteiger partial charge < -0.3 is 24.9 Å². The molecule has 28 heavy (non-hydrogen) atoms. The monoisotopic (exact) mass is 379 g/mol. The van der Waals surface area contributed by atoms with Crippen molar-refractivity contribution >= 4 is 22.8 Å².